The second-order valence-corrected chi connectivity index (χ2v) is 6.93. The number of rotatable bonds is 7. The molecular weight excluding hydrogens is 384 g/mol. The molecule has 3 rings (SSSR count). The van der Waals surface area contributed by atoms with E-state index < -0.39 is 0 Å². The van der Waals surface area contributed by atoms with Gasteiger partial charge < -0.3 is 4.74 Å². The maximum atomic E-state index is 12.6. The number of carbonyl (C=O) groups is 1. The Morgan fingerprint density at radius 3 is 2.67 bits per heavy atom. The zero-order valence-corrected chi connectivity index (χ0v) is 16.5. The molecule has 0 unspecified atom stereocenters. The Kier molecular flexibility index (Phi) is 6.36. The van der Waals surface area contributed by atoms with E-state index in [1.165, 1.54) is 18.9 Å². The molecule has 3 aromatic rings. The normalized spacial score (nSPS) is 10.6. The summed E-state index contributed by atoms with van der Waals surface area (Å²) < 4.78 is 7.10. The fourth-order valence-corrected chi connectivity index (χ4v) is 3.82. The zero-order chi connectivity index (χ0) is 19.2. The molecule has 2 aromatic carbocycles. The lowest BCUT2D eigenvalue weighted by Crippen LogP contribution is -2.16. The Morgan fingerprint density at radius 1 is 1.19 bits per heavy atom. The van der Waals surface area contributed by atoms with Crippen molar-refractivity contribution in [3.63, 3.8) is 0 Å². The fraction of sp³-hybridized carbons (Fsp3) is 0.211. The summed E-state index contributed by atoms with van der Waals surface area (Å²) in [7, 11) is 1.53. The largest absolute Gasteiger partial charge is 0.496 e. The molecule has 1 heterocycles. The molecule has 0 spiro atoms. The van der Waals surface area contributed by atoms with Gasteiger partial charge in [0.1, 0.15) is 5.75 Å². The first-order chi connectivity index (χ1) is 13.1. The van der Waals surface area contributed by atoms with Crippen molar-refractivity contribution in [3.8, 4) is 5.75 Å². The maximum Gasteiger partial charge on any atom is 0.261 e. The SMILES string of the molecule is CCn1c(NC(=O)c2ccccc2OC)nnc1SCc1ccccc1Cl. The number of halogens is 1. The number of hydrogen-bond donors (Lipinski definition) is 1. The van der Waals surface area contributed by atoms with Crippen LogP contribution in [0.3, 0.4) is 0 Å². The minimum atomic E-state index is -0.294. The van der Waals surface area contributed by atoms with Gasteiger partial charge in [0.05, 0.1) is 12.7 Å². The predicted octanol–water partition coefficient (Wildman–Crippen LogP) is 4.50. The van der Waals surface area contributed by atoms with E-state index in [-0.39, 0.29) is 5.91 Å². The number of anilines is 1. The summed E-state index contributed by atoms with van der Waals surface area (Å²) in [6, 6.07) is 14.7. The number of para-hydroxylation sites is 1. The minimum Gasteiger partial charge on any atom is -0.496 e. The standard InChI is InChI=1S/C19H19ClN4O2S/c1-3-24-18(21-17(25)14-9-5-7-11-16(14)26-2)22-23-19(24)27-12-13-8-4-6-10-15(13)20/h4-11H,3,12H2,1-2H3,(H,21,22,25). The first-order valence-electron chi connectivity index (χ1n) is 8.37. The van der Waals surface area contributed by atoms with Crippen LogP contribution in [0, 0.1) is 0 Å². The molecule has 0 atom stereocenters. The van der Waals surface area contributed by atoms with Gasteiger partial charge in [0.25, 0.3) is 5.91 Å². The van der Waals surface area contributed by atoms with Crippen LogP contribution in [0.5, 0.6) is 5.75 Å². The summed E-state index contributed by atoms with van der Waals surface area (Å²) in [4.78, 5) is 12.6. The quantitative estimate of drug-likeness (QED) is 0.589. The topological polar surface area (TPSA) is 69.0 Å². The van der Waals surface area contributed by atoms with Gasteiger partial charge in [-0.25, -0.2) is 0 Å². The monoisotopic (exact) mass is 402 g/mol. The Morgan fingerprint density at radius 2 is 1.93 bits per heavy atom. The lowest BCUT2D eigenvalue weighted by atomic mass is 10.2. The number of hydrogen-bond acceptors (Lipinski definition) is 5. The van der Waals surface area contributed by atoms with Crippen molar-refractivity contribution >= 4 is 35.2 Å². The van der Waals surface area contributed by atoms with Crippen molar-refractivity contribution in [2.75, 3.05) is 12.4 Å². The second-order valence-electron chi connectivity index (χ2n) is 5.58. The first kappa shape index (κ1) is 19.3. The van der Waals surface area contributed by atoms with Gasteiger partial charge in [0.15, 0.2) is 5.16 Å². The van der Waals surface area contributed by atoms with Gasteiger partial charge in [-0.2, -0.15) is 0 Å². The zero-order valence-electron chi connectivity index (χ0n) is 15.0. The summed E-state index contributed by atoms with van der Waals surface area (Å²) in [6.07, 6.45) is 0. The van der Waals surface area contributed by atoms with E-state index in [0.29, 0.717) is 34.7 Å². The molecule has 1 N–H and O–H groups in total. The van der Waals surface area contributed by atoms with Crippen LogP contribution >= 0.6 is 23.4 Å². The van der Waals surface area contributed by atoms with Gasteiger partial charge in [0.2, 0.25) is 5.95 Å². The van der Waals surface area contributed by atoms with E-state index in [1.807, 2.05) is 41.8 Å². The van der Waals surface area contributed by atoms with E-state index >= 15 is 0 Å². The van der Waals surface area contributed by atoms with Crippen LogP contribution in [-0.2, 0) is 12.3 Å². The molecule has 0 radical (unpaired) electrons. The number of benzene rings is 2. The molecule has 1 aromatic heterocycles. The van der Waals surface area contributed by atoms with E-state index in [9.17, 15) is 4.79 Å². The highest BCUT2D eigenvalue weighted by Gasteiger charge is 2.17. The van der Waals surface area contributed by atoms with Crippen molar-refractivity contribution in [2.24, 2.45) is 0 Å². The number of methoxy groups -OCH3 is 1. The third-order valence-corrected chi connectivity index (χ3v) is 5.31. The van der Waals surface area contributed by atoms with Crippen LogP contribution in [0.15, 0.2) is 53.7 Å². The molecule has 0 aliphatic carbocycles. The molecule has 0 aliphatic rings. The highest BCUT2D eigenvalue weighted by Crippen LogP contribution is 2.27. The van der Waals surface area contributed by atoms with E-state index in [2.05, 4.69) is 15.5 Å². The molecule has 6 nitrogen and oxygen atoms in total. The van der Waals surface area contributed by atoms with E-state index in [0.717, 1.165) is 10.6 Å². The van der Waals surface area contributed by atoms with E-state index in [1.54, 1.807) is 18.2 Å². The van der Waals surface area contributed by atoms with Crippen molar-refractivity contribution < 1.29 is 9.53 Å². The molecule has 0 fully saturated rings. The number of amides is 1. The number of nitrogens with one attached hydrogen (secondary N) is 1. The number of thioether (sulfide) groups is 1. The molecule has 0 saturated heterocycles. The Hall–Kier alpha value is -2.51. The number of carbonyl (C=O) groups excluding carboxylic acids is 1. The number of aromatic nitrogens is 3. The van der Waals surface area contributed by atoms with Crippen molar-refractivity contribution in [2.45, 2.75) is 24.4 Å². The number of ether oxygens (including phenoxy) is 1. The highest BCUT2D eigenvalue weighted by atomic mass is 35.5. The Bertz CT molecular complexity index is 945. The fourth-order valence-electron chi connectivity index (χ4n) is 2.53. The smallest absolute Gasteiger partial charge is 0.261 e. The minimum absolute atomic E-state index is 0.294. The number of nitrogens with zero attached hydrogens (tertiary/aromatic N) is 3. The first-order valence-corrected chi connectivity index (χ1v) is 9.74. The van der Waals surface area contributed by atoms with Gasteiger partial charge in [-0.3, -0.25) is 14.7 Å². The van der Waals surface area contributed by atoms with Crippen LogP contribution in [0.2, 0.25) is 5.02 Å². The van der Waals surface area contributed by atoms with Crippen molar-refractivity contribution in [3.05, 3.63) is 64.7 Å². The summed E-state index contributed by atoms with van der Waals surface area (Å²) in [6.45, 7) is 2.60. The third kappa shape index (κ3) is 4.43. The second kappa shape index (κ2) is 8.92. The van der Waals surface area contributed by atoms with Gasteiger partial charge >= 0.3 is 0 Å². The summed E-state index contributed by atoms with van der Waals surface area (Å²) in [5.74, 6) is 1.27. The van der Waals surface area contributed by atoms with Gasteiger partial charge in [-0.1, -0.05) is 53.7 Å². The van der Waals surface area contributed by atoms with Crippen LogP contribution in [0.4, 0.5) is 5.95 Å². The Labute approximate surface area is 166 Å². The van der Waals surface area contributed by atoms with Crippen LogP contribution in [0.1, 0.15) is 22.8 Å². The molecule has 8 heteroatoms. The molecule has 140 valence electrons. The molecule has 1 amide bonds. The van der Waals surface area contributed by atoms with Crippen LogP contribution < -0.4 is 10.1 Å². The van der Waals surface area contributed by atoms with Crippen LogP contribution in [-0.4, -0.2) is 27.8 Å². The van der Waals surface area contributed by atoms with Crippen molar-refractivity contribution in [1.82, 2.24) is 14.8 Å². The lowest BCUT2D eigenvalue weighted by molar-refractivity contribution is 0.102. The molecule has 27 heavy (non-hydrogen) atoms. The summed E-state index contributed by atoms with van der Waals surface area (Å²) in [5.41, 5.74) is 1.46. The molecular formula is C19H19ClN4O2S. The highest BCUT2D eigenvalue weighted by molar-refractivity contribution is 7.98. The maximum absolute atomic E-state index is 12.6. The molecule has 0 aliphatic heterocycles. The van der Waals surface area contributed by atoms with Crippen LogP contribution in [0.25, 0.3) is 0 Å². The van der Waals surface area contributed by atoms with Crippen molar-refractivity contribution in [1.29, 1.82) is 0 Å². The lowest BCUT2D eigenvalue weighted by Gasteiger charge is -2.10. The Balaban J connectivity index is 1.75. The molecule has 0 bridgehead atoms. The molecule has 0 saturated carbocycles. The third-order valence-electron chi connectivity index (χ3n) is 3.92. The average molecular weight is 403 g/mol. The predicted molar refractivity (Wildman–Crippen MR) is 108 cm³/mol. The summed E-state index contributed by atoms with van der Waals surface area (Å²) in [5, 5.41) is 12.6. The van der Waals surface area contributed by atoms with E-state index in [4.69, 9.17) is 16.3 Å². The summed E-state index contributed by atoms with van der Waals surface area (Å²) >= 11 is 7.73. The van der Waals surface area contributed by atoms with Gasteiger partial charge in [-0.15, -0.1) is 10.2 Å². The average Bonchev–Trinajstić information content (AvgIpc) is 3.08. The van der Waals surface area contributed by atoms with Gasteiger partial charge in [0, 0.05) is 17.3 Å². The van der Waals surface area contributed by atoms with Gasteiger partial charge in [-0.05, 0) is 30.7 Å².